The topological polar surface area (TPSA) is 66.5 Å². The van der Waals surface area contributed by atoms with Crippen LogP contribution in [0.2, 0.25) is 0 Å². The molecule has 2 rings (SSSR count). The lowest BCUT2D eigenvalue weighted by atomic mass is 10.1. The van der Waals surface area contributed by atoms with Gasteiger partial charge in [0.15, 0.2) is 6.29 Å². The van der Waals surface area contributed by atoms with Crippen LogP contribution in [0.15, 0.2) is 24.3 Å². The maximum Gasteiger partial charge on any atom is 0.263 e. The Morgan fingerprint density at radius 1 is 1.06 bits per heavy atom. The molecule has 0 aromatic heterocycles. The van der Waals surface area contributed by atoms with Gasteiger partial charge in [-0.05, 0) is 26.0 Å². The van der Waals surface area contributed by atoms with Gasteiger partial charge in [0, 0.05) is 0 Å². The van der Waals surface area contributed by atoms with Crippen LogP contribution in [0.25, 0.3) is 0 Å². The normalized spacial score (nSPS) is 18.2. The van der Waals surface area contributed by atoms with E-state index in [1.54, 1.807) is 24.3 Å². The monoisotopic (exact) mass is 234 g/mol. The van der Waals surface area contributed by atoms with Crippen molar-refractivity contribution in [3.8, 4) is 0 Å². The van der Waals surface area contributed by atoms with Crippen molar-refractivity contribution in [3.63, 3.8) is 0 Å². The Morgan fingerprint density at radius 2 is 1.53 bits per heavy atom. The highest BCUT2D eigenvalue weighted by Crippen LogP contribution is 2.24. The number of carbonyl (C=O) groups is 2. The van der Waals surface area contributed by atoms with Gasteiger partial charge in [0.1, 0.15) is 6.23 Å². The zero-order valence-corrected chi connectivity index (χ0v) is 9.54. The molecule has 0 N–H and O–H groups in total. The van der Waals surface area contributed by atoms with E-state index in [0.29, 0.717) is 11.1 Å². The molecule has 1 aliphatic rings. The minimum Gasteiger partial charge on any atom is -0.326 e. The Hall–Kier alpha value is -1.72. The van der Waals surface area contributed by atoms with Crippen molar-refractivity contribution in [3.05, 3.63) is 35.4 Å². The fourth-order valence-electron chi connectivity index (χ4n) is 1.88. The van der Waals surface area contributed by atoms with E-state index in [4.69, 9.17) is 4.74 Å². The number of imide groups is 1. The summed E-state index contributed by atoms with van der Waals surface area (Å²) in [5.74, 6) is -0.836. The van der Waals surface area contributed by atoms with Crippen LogP contribution in [-0.4, -0.2) is 29.2 Å². The number of hydrogen-bond donors (Lipinski definition) is 0. The molecular weight excluding hydrogens is 222 g/mol. The summed E-state index contributed by atoms with van der Waals surface area (Å²) in [4.78, 5) is 24.9. The molecule has 0 saturated heterocycles. The Kier molecular flexibility index (Phi) is 2.95. The average Bonchev–Trinajstić information content (AvgIpc) is 2.51. The second-order valence-electron chi connectivity index (χ2n) is 3.83. The molecular formula is C12H12NO4. The molecule has 5 heteroatoms. The average molecular weight is 234 g/mol. The minimum absolute atomic E-state index is 0.353. The highest BCUT2D eigenvalue weighted by molar-refractivity contribution is 6.21. The lowest BCUT2D eigenvalue weighted by molar-refractivity contribution is -0.176. The fourth-order valence-corrected chi connectivity index (χ4v) is 1.88. The molecule has 1 aromatic carbocycles. The Balaban J connectivity index is 2.30. The molecule has 0 bridgehead atoms. The first-order valence-corrected chi connectivity index (χ1v) is 5.30. The van der Waals surface area contributed by atoms with E-state index in [2.05, 4.69) is 0 Å². The third kappa shape index (κ3) is 1.94. The van der Waals surface area contributed by atoms with Crippen LogP contribution in [0.5, 0.6) is 0 Å². The number of amides is 2. The molecule has 1 radical (unpaired) electrons. The summed E-state index contributed by atoms with van der Waals surface area (Å²) < 4.78 is 4.93. The molecule has 0 aliphatic carbocycles. The molecule has 17 heavy (non-hydrogen) atoms. The maximum absolute atomic E-state index is 12.0. The lowest BCUT2D eigenvalue weighted by Gasteiger charge is -2.23. The smallest absolute Gasteiger partial charge is 0.263 e. The first-order valence-electron chi connectivity index (χ1n) is 5.30. The van der Waals surface area contributed by atoms with Crippen LogP contribution in [0.3, 0.4) is 0 Å². The molecule has 1 aliphatic heterocycles. The summed E-state index contributed by atoms with van der Waals surface area (Å²) >= 11 is 0. The number of ether oxygens (including phenoxy) is 1. The zero-order valence-electron chi connectivity index (χ0n) is 9.54. The molecule has 0 spiro atoms. The first kappa shape index (κ1) is 11.8. The number of rotatable bonds is 3. The molecule has 2 amide bonds. The molecule has 1 aromatic rings. The van der Waals surface area contributed by atoms with Gasteiger partial charge < -0.3 is 4.74 Å². The maximum atomic E-state index is 12.0. The quantitative estimate of drug-likeness (QED) is 0.586. The third-order valence-corrected chi connectivity index (χ3v) is 2.58. The minimum atomic E-state index is -1.28. The van der Waals surface area contributed by atoms with Gasteiger partial charge in [-0.2, -0.15) is 0 Å². The predicted octanol–water partition coefficient (Wildman–Crippen LogP) is 1.42. The van der Waals surface area contributed by atoms with E-state index in [1.165, 1.54) is 13.8 Å². The van der Waals surface area contributed by atoms with Crippen molar-refractivity contribution in [2.75, 3.05) is 0 Å². The number of nitrogens with zero attached hydrogens (tertiary/aromatic N) is 1. The van der Waals surface area contributed by atoms with E-state index in [0.717, 1.165) is 4.90 Å². The summed E-state index contributed by atoms with van der Waals surface area (Å²) in [6.45, 7) is 2.82. The molecule has 2 unspecified atom stereocenters. The van der Waals surface area contributed by atoms with Crippen molar-refractivity contribution in [2.24, 2.45) is 0 Å². The van der Waals surface area contributed by atoms with Gasteiger partial charge in [-0.15, -0.1) is 0 Å². The van der Waals surface area contributed by atoms with Gasteiger partial charge in [0.05, 0.1) is 11.1 Å². The van der Waals surface area contributed by atoms with Crippen LogP contribution in [0.4, 0.5) is 0 Å². The Labute approximate surface area is 98.6 Å². The lowest BCUT2D eigenvalue weighted by Crippen LogP contribution is -2.41. The number of hydrogen-bond acceptors (Lipinski definition) is 3. The summed E-state index contributed by atoms with van der Waals surface area (Å²) in [7, 11) is 0. The molecule has 89 valence electrons. The molecule has 2 atom stereocenters. The highest BCUT2D eigenvalue weighted by Gasteiger charge is 2.38. The van der Waals surface area contributed by atoms with Gasteiger partial charge in [-0.25, -0.2) is 10.0 Å². The van der Waals surface area contributed by atoms with Crippen molar-refractivity contribution < 1.29 is 19.4 Å². The van der Waals surface area contributed by atoms with E-state index >= 15 is 0 Å². The second-order valence-corrected chi connectivity index (χ2v) is 3.83. The van der Waals surface area contributed by atoms with Crippen LogP contribution in [0.1, 0.15) is 34.6 Å². The van der Waals surface area contributed by atoms with Crippen LogP contribution < -0.4 is 0 Å². The number of benzene rings is 1. The Morgan fingerprint density at radius 3 is 1.94 bits per heavy atom. The van der Waals surface area contributed by atoms with Crippen LogP contribution >= 0.6 is 0 Å². The summed E-state index contributed by atoms with van der Waals surface area (Å²) in [5.41, 5.74) is 0.706. The van der Waals surface area contributed by atoms with Gasteiger partial charge in [0.2, 0.25) is 0 Å². The SMILES string of the molecule is CC([O])OC(C)N1C(=O)c2ccccc2C1=O. The van der Waals surface area contributed by atoms with Crippen LogP contribution in [0, 0.1) is 0 Å². The number of carbonyl (C=O) groups excluding carboxylic acids is 2. The largest absolute Gasteiger partial charge is 0.326 e. The summed E-state index contributed by atoms with van der Waals surface area (Å²) in [5, 5.41) is 10.9. The van der Waals surface area contributed by atoms with Crippen molar-refractivity contribution in [2.45, 2.75) is 26.4 Å². The van der Waals surface area contributed by atoms with E-state index in [-0.39, 0.29) is 0 Å². The zero-order chi connectivity index (χ0) is 12.6. The van der Waals surface area contributed by atoms with Gasteiger partial charge in [-0.1, -0.05) is 12.1 Å². The van der Waals surface area contributed by atoms with E-state index < -0.39 is 24.3 Å². The van der Waals surface area contributed by atoms with Crippen molar-refractivity contribution in [1.29, 1.82) is 0 Å². The highest BCUT2D eigenvalue weighted by atomic mass is 16.6. The molecule has 0 saturated carbocycles. The number of fused-ring (bicyclic) bond motifs is 1. The first-order chi connectivity index (χ1) is 8.02. The standard InChI is InChI=1S/C12H12NO4/c1-7(17-8(2)14)13-11(15)9-5-3-4-6-10(9)12(13)16/h3-8H,1-2H3. The predicted molar refractivity (Wildman–Crippen MR) is 57.6 cm³/mol. The summed E-state index contributed by atoms with van der Waals surface area (Å²) in [6, 6.07) is 6.55. The molecule has 5 nitrogen and oxygen atoms in total. The van der Waals surface area contributed by atoms with Crippen LogP contribution in [-0.2, 0) is 9.84 Å². The second kappa shape index (κ2) is 4.27. The molecule has 0 fully saturated rings. The van der Waals surface area contributed by atoms with Crippen molar-refractivity contribution >= 4 is 11.8 Å². The van der Waals surface area contributed by atoms with Gasteiger partial charge in [0.25, 0.3) is 11.8 Å². The van der Waals surface area contributed by atoms with Gasteiger partial charge in [-0.3, -0.25) is 9.59 Å². The fraction of sp³-hybridized carbons (Fsp3) is 0.333. The van der Waals surface area contributed by atoms with Crippen molar-refractivity contribution in [1.82, 2.24) is 4.90 Å². The third-order valence-electron chi connectivity index (χ3n) is 2.58. The van der Waals surface area contributed by atoms with E-state index in [1.807, 2.05) is 0 Å². The molecule has 1 heterocycles. The summed E-state index contributed by atoms with van der Waals surface area (Å²) in [6.07, 6.45) is -2.13. The van der Waals surface area contributed by atoms with E-state index in [9.17, 15) is 14.7 Å². The Bertz CT molecular complexity index is 434. The van der Waals surface area contributed by atoms with Gasteiger partial charge >= 0.3 is 0 Å².